The Hall–Kier alpha value is -3.06. The van der Waals surface area contributed by atoms with E-state index in [1.807, 2.05) is 0 Å². The molecule has 4 heteroatoms. The number of fused-ring (bicyclic) bond motifs is 1. The maximum Gasteiger partial charge on any atom is 0.194 e. The van der Waals surface area contributed by atoms with Crippen molar-refractivity contribution in [3.63, 3.8) is 0 Å². The number of benzene rings is 3. The number of hydrogen-bond acceptors (Lipinski definition) is 0. The van der Waals surface area contributed by atoms with E-state index in [1.165, 1.54) is 17.2 Å². The van der Waals surface area contributed by atoms with Crippen molar-refractivity contribution in [2.75, 3.05) is 0 Å². The molecule has 0 radical (unpaired) electrons. The number of aryl methyl sites for hydroxylation is 2. The third-order valence-corrected chi connectivity index (χ3v) is 5.83. The van der Waals surface area contributed by atoms with Crippen molar-refractivity contribution in [2.24, 2.45) is 0 Å². The van der Waals surface area contributed by atoms with Gasteiger partial charge in [0.05, 0.1) is 5.56 Å². The molecule has 0 N–H and O–H groups in total. The molecule has 4 rings (SSSR count). The molecule has 1 unspecified atom stereocenters. The summed E-state index contributed by atoms with van der Waals surface area (Å²) >= 11 is 0. The summed E-state index contributed by atoms with van der Waals surface area (Å²) in [6.07, 6.45) is 4.73. The minimum absolute atomic E-state index is 0.0416. The highest BCUT2D eigenvalue weighted by Gasteiger charge is 2.22. The first-order valence-corrected chi connectivity index (χ1v) is 10.5. The fraction of sp³-hybridized carbons (Fsp3) is 0.259. The van der Waals surface area contributed by atoms with Crippen LogP contribution in [0.3, 0.4) is 0 Å². The van der Waals surface area contributed by atoms with Crippen molar-refractivity contribution in [2.45, 2.75) is 44.9 Å². The molecule has 158 valence electrons. The van der Waals surface area contributed by atoms with Crippen LogP contribution < -0.4 is 0 Å². The van der Waals surface area contributed by atoms with Gasteiger partial charge < -0.3 is 0 Å². The zero-order chi connectivity index (χ0) is 22.0. The van der Waals surface area contributed by atoms with Crippen LogP contribution in [0.2, 0.25) is 0 Å². The van der Waals surface area contributed by atoms with E-state index in [9.17, 15) is 17.6 Å². The second-order valence-corrected chi connectivity index (χ2v) is 8.04. The molecule has 0 heterocycles. The van der Waals surface area contributed by atoms with Gasteiger partial charge in [-0.05, 0) is 78.1 Å². The minimum Gasteiger partial charge on any atom is -0.206 e. The van der Waals surface area contributed by atoms with Gasteiger partial charge in [0.2, 0.25) is 0 Å². The molecule has 0 bridgehead atoms. The molecule has 0 aromatic heterocycles. The Morgan fingerprint density at radius 3 is 2.23 bits per heavy atom. The van der Waals surface area contributed by atoms with Crippen LogP contribution in [-0.4, -0.2) is 0 Å². The number of halogens is 4. The summed E-state index contributed by atoms with van der Waals surface area (Å²) in [5.74, 6) is 0.878. The molecule has 3 aromatic carbocycles. The van der Waals surface area contributed by atoms with Crippen molar-refractivity contribution in [3.05, 3.63) is 105 Å². The minimum atomic E-state index is -1.54. The van der Waals surface area contributed by atoms with Crippen LogP contribution in [0.15, 0.2) is 48.5 Å². The van der Waals surface area contributed by atoms with Crippen molar-refractivity contribution >= 4 is 0 Å². The van der Waals surface area contributed by atoms with E-state index in [0.717, 1.165) is 55.4 Å². The largest absolute Gasteiger partial charge is 0.206 e. The van der Waals surface area contributed by atoms with Crippen LogP contribution in [0.25, 0.3) is 0 Å². The molecule has 1 aliphatic carbocycles. The lowest BCUT2D eigenvalue weighted by atomic mass is 9.79. The molecule has 1 atom stereocenters. The standard InChI is InChI=1S/C27H22F4/c1-2-3-17-4-7-19(8-5-17)20-10-11-21-14-22(24(28)16-23(21)15-20)9-6-18-12-25(29)27(31)26(30)13-18/h4-5,7-8,12-14,16,20H,2-3,10-11,15H2,1H3. The average molecular weight is 422 g/mol. The summed E-state index contributed by atoms with van der Waals surface area (Å²) in [7, 11) is 0. The monoisotopic (exact) mass is 422 g/mol. The fourth-order valence-electron chi connectivity index (χ4n) is 4.17. The first kappa shape index (κ1) is 21.2. The first-order valence-electron chi connectivity index (χ1n) is 10.5. The van der Waals surface area contributed by atoms with Crippen LogP contribution in [0, 0.1) is 35.1 Å². The summed E-state index contributed by atoms with van der Waals surface area (Å²) in [4.78, 5) is 0. The molecule has 0 saturated heterocycles. The van der Waals surface area contributed by atoms with Crippen LogP contribution in [0.5, 0.6) is 0 Å². The molecule has 0 nitrogen and oxygen atoms in total. The Morgan fingerprint density at radius 2 is 1.55 bits per heavy atom. The van der Waals surface area contributed by atoms with Crippen molar-refractivity contribution < 1.29 is 17.6 Å². The van der Waals surface area contributed by atoms with Gasteiger partial charge in [-0.3, -0.25) is 0 Å². The highest BCUT2D eigenvalue weighted by atomic mass is 19.2. The lowest BCUT2D eigenvalue weighted by Crippen LogP contribution is -2.13. The van der Waals surface area contributed by atoms with Gasteiger partial charge in [-0.1, -0.05) is 49.5 Å². The molecule has 0 aliphatic heterocycles. The van der Waals surface area contributed by atoms with E-state index in [0.29, 0.717) is 5.92 Å². The van der Waals surface area contributed by atoms with Crippen molar-refractivity contribution in [1.82, 2.24) is 0 Å². The van der Waals surface area contributed by atoms with E-state index in [4.69, 9.17) is 0 Å². The van der Waals surface area contributed by atoms with Gasteiger partial charge in [-0.2, -0.15) is 0 Å². The third-order valence-electron chi connectivity index (χ3n) is 5.83. The second kappa shape index (κ2) is 8.98. The second-order valence-electron chi connectivity index (χ2n) is 8.04. The Balaban J connectivity index is 1.55. The van der Waals surface area contributed by atoms with Crippen LogP contribution >= 0.6 is 0 Å². The zero-order valence-electron chi connectivity index (χ0n) is 17.2. The summed E-state index contributed by atoms with van der Waals surface area (Å²) in [5.41, 5.74) is 4.75. The maximum atomic E-state index is 14.7. The van der Waals surface area contributed by atoms with Gasteiger partial charge in [0.1, 0.15) is 5.82 Å². The molecule has 0 fully saturated rings. The van der Waals surface area contributed by atoms with Gasteiger partial charge in [-0.15, -0.1) is 0 Å². The predicted molar refractivity (Wildman–Crippen MR) is 114 cm³/mol. The molecule has 0 saturated carbocycles. The Morgan fingerprint density at radius 1 is 0.839 bits per heavy atom. The Bertz CT molecular complexity index is 1140. The van der Waals surface area contributed by atoms with Crippen molar-refractivity contribution in [1.29, 1.82) is 0 Å². The highest BCUT2D eigenvalue weighted by molar-refractivity contribution is 5.48. The average Bonchev–Trinajstić information content (AvgIpc) is 2.76. The Kier molecular flexibility index (Phi) is 6.13. The normalized spacial score (nSPS) is 15.2. The predicted octanol–water partition coefficient (Wildman–Crippen LogP) is 6.87. The molecule has 0 spiro atoms. The zero-order valence-corrected chi connectivity index (χ0v) is 17.2. The van der Waals surface area contributed by atoms with Gasteiger partial charge in [0.15, 0.2) is 17.5 Å². The number of rotatable bonds is 3. The smallest absolute Gasteiger partial charge is 0.194 e. The van der Waals surface area contributed by atoms with Gasteiger partial charge in [0.25, 0.3) is 0 Å². The van der Waals surface area contributed by atoms with E-state index in [1.54, 1.807) is 6.07 Å². The molecule has 3 aromatic rings. The Labute approximate surface area is 179 Å². The lowest BCUT2D eigenvalue weighted by Gasteiger charge is -2.25. The summed E-state index contributed by atoms with van der Waals surface area (Å²) in [6.45, 7) is 2.16. The van der Waals surface area contributed by atoms with Crippen LogP contribution in [-0.2, 0) is 19.3 Å². The molecular weight excluding hydrogens is 400 g/mol. The van der Waals surface area contributed by atoms with E-state index >= 15 is 0 Å². The van der Waals surface area contributed by atoms with Crippen LogP contribution in [0.4, 0.5) is 17.6 Å². The molecule has 1 aliphatic rings. The summed E-state index contributed by atoms with van der Waals surface area (Å²) in [5, 5.41) is 0. The summed E-state index contributed by atoms with van der Waals surface area (Å²) < 4.78 is 54.4. The van der Waals surface area contributed by atoms with Gasteiger partial charge in [0, 0.05) is 5.56 Å². The van der Waals surface area contributed by atoms with E-state index in [-0.39, 0.29) is 11.1 Å². The highest BCUT2D eigenvalue weighted by Crippen LogP contribution is 2.34. The first-order chi connectivity index (χ1) is 14.9. The fourth-order valence-corrected chi connectivity index (χ4v) is 4.17. The van der Waals surface area contributed by atoms with Crippen molar-refractivity contribution in [3.8, 4) is 11.8 Å². The summed E-state index contributed by atoms with van der Waals surface area (Å²) in [6, 6.07) is 13.5. The lowest BCUT2D eigenvalue weighted by molar-refractivity contribution is 0.446. The third kappa shape index (κ3) is 4.66. The topological polar surface area (TPSA) is 0 Å². The quantitative estimate of drug-likeness (QED) is 0.246. The molecule has 0 amide bonds. The molecule has 31 heavy (non-hydrogen) atoms. The van der Waals surface area contributed by atoms with E-state index in [2.05, 4.69) is 43.0 Å². The SMILES string of the molecule is CCCc1ccc(C2CCc3cc(C#Cc4cc(F)c(F)c(F)c4)c(F)cc3C2)cc1. The van der Waals surface area contributed by atoms with Gasteiger partial charge >= 0.3 is 0 Å². The molecular formula is C27H22F4. The van der Waals surface area contributed by atoms with Crippen LogP contribution in [0.1, 0.15) is 59.1 Å². The number of hydrogen-bond donors (Lipinski definition) is 0. The van der Waals surface area contributed by atoms with E-state index < -0.39 is 23.3 Å². The maximum absolute atomic E-state index is 14.7. The van der Waals surface area contributed by atoms with Gasteiger partial charge in [-0.25, -0.2) is 17.6 Å².